The van der Waals surface area contributed by atoms with Gasteiger partial charge < -0.3 is 15.8 Å². The standard InChI is InChI=1S/C17H28N2O2.ClH/c1-16(2)14-12(4-3-9-21-14)17(16,18)15(20)19-13(10-5-6-10)11-7-8-11;/h10-14H,3-9,18H2,1-2H3,(H,19,20);1H. The number of fused-ring (bicyclic) bond motifs is 1. The van der Waals surface area contributed by atoms with Crippen molar-refractivity contribution in [3.8, 4) is 0 Å². The van der Waals surface area contributed by atoms with Gasteiger partial charge in [-0.1, -0.05) is 13.8 Å². The highest BCUT2D eigenvalue weighted by molar-refractivity contribution is 5.89. The van der Waals surface area contributed by atoms with Crippen molar-refractivity contribution < 1.29 is 9.53 Å². The molecule has 3 N–H and O–H groups in total. The van der Waals surface area contributed by atoms with Crippen molar-refractivity contribution >= 4 is 18.3 Å². The van der Waals surface area contributed by atoms with Gasteiger partial charge in [0.1, 0.15) is 5.54 Å². The lowest BCUT2D eigenvalue weighted by molar-refractivity contribution is -0.225. The van der Waals surface area contributed by atoms with Crippen LogP contribution >= 0.6 is 12.4 Å². The van der Waals surface area contributed by atoms with Gasteiger partial charge in [0.05, 0.1) is 6.10 Å². The summed E-state index contributed by atoms with van der Waals surface area (Å²) in [5.41, 5.74) is 5.66. The van der Waals surface area contributed by atoms with E-state index in [1.165, 1.54) is 25.7 Å². The molecule has 0 spiro atoms. The molecule has 4 rings (SSSR count). The molecule has 1 amide bonds. The predicted octanol–water partition coefficient (Wildman–Crippen LogP) is 2.25. The summed E-state index contributed by atoms with van der Waals surface area (Å²) >= 11 is 0. The van der Waals surface area contributed by atoms with Crippen LogP contribution in [0.2, 0.25) is 0 Å². The summed E-state index contributed by atoms with van der Waals surface area (Å²) in [5, 5.41) is 3.35. The maximum Gasteiger partial charge on any atom is 0.241 e. The minimum absolute atomic E-state index is 0. The Hall–Kier alpha value is -0.320. The van der Waals surface area contributed by atoms with Gasteiger partial charge in [-0.25, -0.2) is 0 Å². The Morgan fingerprint density at radius 3 is 2.32 bits per heavy atom. The maximum absolute atomic E-state index is 13.0. The van der Waals surface area contributed by atoms with E-state index < -0.39 is 5.54 Å². The van der Waals surface area contributed by atoms with Crippen LogP contribution in [0.5, 0.6) is 0 Å². The van der Waals surface area contributed by atoms with Gasteiger partial charge in [-0.15, -0.1) is 12.4 Å². The third-order valence-electron chi connectivity index (χ3n) is 6.62. The molecule has 0 aromatic carbocycles. The van der Waals surface area contributed by atoms with Gasteiger partial charge in [-0.3, -0.25) is 4.79 Å². The number of carbonyl (C=O) groups excluding carboxylic acids is 1. The number of hydrogen-bond acceptors (Lipinski definition) is 3. The van der Waals surface area contributed by atoms with Crippen molar-refractivity contribution in [1.82, 2.24) is 5.32 Å². The molecule has 1 saturated heterocycles. The van der Waals surface area contributed by atoms with Crippen molar-refractivity contribution in [2.75, 3.05) is 6.61 Å². The number of hydrogen-bond donors (Lipinski definition) is 2. The molecule has 3 aliphatic carbocycles. The van der Waals surface area contributed by atoms with Crippen molar-refractivity contribution in [2.24, 2.45) is 28.9 Å². The van der Waals surface area contributed by atoms with Gasteiger partial charge in [0.2, 0.25) is 5.91 Å². The highest BCUT2D eigenvalue weighted by Gasteiger charge is 2.70. The van der Waals surface area contributed by atoms with Crippen LogP contribution in [0.3, 0.4) is 0 Å². The molecule has 0 bridgehead atoms. The van der Waals surface area contributed by atoms with Crippen LogP contribution < -0.4 is 11.1 Å². The zero-order chi connectivity index (χ0) is 14.8. The van der Waals surface area contributed by atoms with Crippen LogP contribution in [-0.2, 0) is 9.53 Å². The summed E-state index contributed by atoms with van der Waals surface area (Å²) in [7, 11) is 0. The van der Waals surface area contributed by atoms with E-state index in [2.05, 4.69) is 19.2 Å². The normalized spacial score (nSPS) is 39.5. The Kier molecular flexibility index (Phi) is 4.02. The Morgan fingerprint density at radius 1 is 1.18 bits per heavy atom. The molecule has 4 fully saturated rings. The summed E-state index contributed by atoms with van der Waals surface area (Å²) in [6.07, 6.45) is 7.31. The largest absolute Gasteiger partial charge is 0.377 e. The zero-order valence-corrected chi connectivity index (χ0v) is 14.5. The van der Waals surface area contributed by atoms with Gasteiger partial charge in [0, 0.05) is 24.0 Å². The lowest BCUT2D eigenvalue weighted by Gasteiger charge is -2.65. The number of carbonyl (C=O) groups is 1. The van der Waals surface area contributed by atoms with Gasteiger partial charge in [-0.2, -0.15) is 0 Å². The molecule has 0 aromatic rings. The minimum atomic E-state index is -0.750. The fourth-order valence-corrected chi connectivity index (χ4v) is 4.84. The van der Waals surface area contributed by atoms with Crippen LogP contribution in [0.1, 0.15) is 52.4 Å². The molecule has 3 atom stereocenters. The molecule has 3 unspecified atom stereocenters. The number of amides is 1. The number of halogens is 1. The molecule has 4 nitrogen and oxygen atoms in total. The molecule has 22 heavy (non-hydrogen) atoms. The summed E-state index contributed by atoms with van der Waals surface area (Å²) in [6, 6.07) is 0.386. The van der Waals surface area contributed by atoms with E-state index in [0.717, 1.165) is 19.4 Å². The van der Waals surface area contributed by atoms with E-state index >= 15 is 0 Å². The van der Waals surface area contributed by atoms with E-state index in [0.29, 0.717) is 17.9 Å². The first-order valence-corrected chi connectivity index (χ1v) is 8.67. The number of nitrogens with two attached hydrogens (primary N) is 1. The first-order valence-electron chi connectivity index (χ1n) is 8.67. The first kappa shape index (κ1) is 16.5. The monoisotopic (exact) mass is 328 g/mol. The second kappa shape index (κ2) is 5.35. The summed E-state index contributed by atoms with van der Waals surface area (Å²) in [5.74, 6) is 1.71. The molecular formula is C17H29ClN2O2. The molecule has 1 heterocycles. The van der Waals surface area contributed by atoms with Gasteiger partial charge in [0.15, 0.2) is 0 Å². The van der Waals surface area contributed by atoms with Crippen LogP contribution in [0.4, 0.5) is 0 Å². The van der Waals surface area contributed by atoms with Gasteiger partial charge >= 0.3 is 0 Å². The van der Waals surface area contributed by atoms with Gasteiger partial charge in [-0.05, 0) is 50.4 Å². The Balaban J connectivity index is 0.00000144. The average Bonchev–Trinajstić information content (AvgIpc) is 3.36. The van der Waals surface area contributed by atoms with E-state index in [1.807, 2.05) is 0 Å². The van der Waals surface area contributed by atoms with Gasteiger partial charge in [0.25, 0.3) is 0 Å². The molecule has 3 saturated carbocycles. The molecule has 1 aliphatic heterocycles. The third-order valence-corrected chi connectivity index (χ3v) is 6.62. The van der Waals surface area contributed by atoms with Crippen molar-refractivity contribution in [3.63, 3.8) is 0 Å². The van der Waals surface area contributed by atoms with E-state index in [-0.39, 0.29) is 35.8 Å². The number of nitrogens with one attached hydrogen (secondary N) is 1. The summed E-state index contributed by atoms with van der Waals surface area (Å²) in [6.45, 7) is 5.01. The van der Waals surface area contributed by atoms with Crippen LogP contribution in [0.25, 0.3) is 0 Å². The van der Waals surface area contributed by atoms with Crippen molar-refractivity contribution in [1.29, 1.82) is 0 Å². The second-order valence-corrected chi connectivity index (χ2v) is 8.30. The Morgan fingerprint density at radius 2 is 1.77 bits per heavy atom. The van der Waals surface area contributed by atoms with E-state index in [9.17, 15) is 4.79 Å². The highest BCUT2D eigenvalue weighted by Crippen LogP contribution is 2.57. The van der Waals surface area contributed by atoms with Crippen LogP contribution in [-0.4, -0.2) is 30.2 Å². The Labute approximate surface area is 139 Å². The molecular weight excluding hydrogens is 300 g/mol. The maximum atomic E-state index is 13.0. The fourth-order valence-electron chi connectivity index (χ4n) is 4.84. The van der Waals surface area contributed by atoms with E-state index in [1.54, 1.807) is 0 Å². The van der Waals surface area contributed by atoms with Crippen molar-refractivity contribution in [2.45, 2.75) is 70.1 Å². The number of rotatable bonds is 4. The van der Waals surface area contributed by atoms with Crippen LogP contribution in [0.15, 0.2) is 0 Å². The zero-order valence-electron chi connectivity index (χ0n) is 13.6. The van der Waals surface area contributed by atoms with Crippen LogP contribution in [0, 0.1) is 23.2 Å². The molecule has 126 valence electrons. The lowest BCUT2D eigenvalue weighted by atomic mass is 9.46. The topological polar surface area (TPSA) is 64.3 Å². The lowest BCUT2D eigenvalue weighted by Crippen LogP contribution is -2.82. The Bertz CT molecular complexity index is 450. The average molecular weight is 329 g/mol. The highest BCUT2D eigenvalue weighted by atomic mass is 35.5. The third kappa shape index (κ3) is 2.22. The quantitative estimate of drug-likeness (QED) is 0.832. The number of ether oxygens (including phenoxy) is 1. The summed E-state index contributed by atoms with van der Waals surface area (Å²) < 4.78 is 5.90. The van der Waals surface area contributed by atoms with Crippen molar-refractivity contribution in [3.05, 3.63) is 0 Å². The van der Waals surface area contributed by atoms with E-state index in [4.69, 9.17) is 10.5 Å². The predicted molar refractivity (Wildman–Crippen MR) is 87.8 cm³/mol. The smallest absolute Gasteiger partial charge is 0.241 e. The summed E-state index contributed by atoms with van der Waals surface area (Å²) in [4.78, 5) is 13.0. The minimum Gasteiger partial charge on any atom is -0.377 e. The second-order valence-electron chi connectivity index (χ2n) is 8.30. The SMILES string of the molecule is CC1(C)C2OCCCC2C1(N)C(=O)NC(C1CC1)C1CC1.Cl. The first-order chi connectivity index (χ1) is 9.96. The molecule has 5 heteroatoms. The fraction of sp³-hybridized carbons (Fsp3) is 0.941. The molecule has 4 aliphatic rings. The molecule has 0 radical (unpaired) electrons. The molecule has 0 aromatic heterocycles.